The Morgan fingerprint density at radius 2 is 2.00 bits per heavy atom. The van der Waals surface area contributed by atoms with Crippen molar-refractivity contribution in [2.24, 2.45) is 0 Å². The van der Waals surface area contributed by atoms with Crippen molar-refractivity contribution in [1.82, 2.24) is 4.98 Å². The maximum absolute atomic E-state index is 12.4. The number of fused-ring (bicyclic) bond motifs is 2. The Hall–Kier alpha value is -2.92. The highest BCUT2D eigenvalue weighted by atomic mass is 16.5. The van der Waals surface area contributed by atoms with Crippen LogP contribution in [0.25, 0.3) is 10.9 Å². The number of aliphatic hydroxyl groups is 1. The van der Waals surface area contributed by atoms with Crippen LogP contribution in [-0.2, 0) is 11.2 Å². The average Bonchev–Trinajstić information content (AvgIpc) is 2.97. The zero-order valence-corrected chi connectivity index (χ0v) is 14.5. The third-order valence-corrected chi connectivity index (χ3v) is 4.77. The topological polar surface area (TPSA) is 71.5 Å². The summed E-state index contributed by atoms with van der Waals surface area (Å²) in [6.07, 6.45) is 1.57. The highest BCUT2D eigenvalue weighted by Gasteiger charge is 2.32. The van der Waals surface area contributed by atoms with Crippen molar-refractivity contribution in [2.75, 3.05) is 11.9 Å². The van der Waals surface area contributed by atoms with E-state index in [2.05, 4.69) is 10.3 Å². The fourth-order valence-corrected chi connectivity index (χ4v) is 3.56. The van der Waals surface area contributed by atoms with E-state index in [4.69, 9.17) is 4.74 Å². The number of rotatable bonds is 4. The molecule has 0 radical (unpaired) electrons. The lowest BCUT2D eigenvalue weighted by atomic mass is 10.0. The Bertz CT molecular complexity index is 970. The van der Waals surface area contributed by atoms with Gasteiger partial charge in [0.15, 0.2) is 0 Å². The first kappa shape index (κ1) is 16.5. The molecule has 0 bridgehead atoms. The molecule has 0 spiro atoms. The van der Waals surface area contributed by atoms with E-state index in [1.54, 1.807) is 6.92 Å². The summed E-state index contributed by atoms with van der Waals surface area (Å²) in [5.41, 5.74) is 3.98. The molecule has 2 atom stereocenters. The molecule has 5 heteroatoms. The Labute approximate surface area is 151 Å². The van der Waals surface area contributed by atoms with Crippen LogP contribution in [-0.4, -0.2) is 28.8 Å². The van der Waals surface area contributed by atoms with Crippen LogP contribution in [0, 0.1) is 0 Å². The molecule has 0 amide bonds. The van der Waals surface area contributed by atoms with Crippen LogP contribution >= 0.6 is 0 Å². The van der Waals surface area contributed by atoms with Crippen LogP contribution < -0.4 is 5.32 Å². The minimum atomic E-state index is -0.561. The van der Waals surface area contributed by atoms with Crippen molar-refractivity contribution < 1.29 is 14.6 Å². The summed E-state index contributed by atoms with van der Waals surface area (Å²) in [5, 5.41) is 14.8. The van der Waals surface area contributed by atoms with E-state index in [0.717, 1.165) is 22.0 Å². The van der Waals surface area contributed by atoms with Gasteiger partial charge in [-0.3, -0.25) is 4.98 Å². The fourth-order valence-electron chi connectivity index (χ4n) is 3.56. The van der Waals surface area contributed by atoms with Gasteiger partial charge >= 0.3 is 5.97 Å². The number of aliphatic hydroxyl groups excluding tert-OH is 1. The molecule has 4 rings (SSSR count). The second-order valence-corrected chi connectivity index (χ2v) is 6.38. The predicted octanol–water partition coefficient (Wildman–Crippen LogP) is 3.48. The van der Waals surface area contributed by atoms with Crippen LogP contribution in [0.5, 0.6) is 0 Å². The summed E-state index contributed by atoms with van der Waals surface area (Å²) in [5.74, 6) is -0.422. The summed E-state index contributed by atoms with van der Waals surface area (Å²) >= 11 is 0. The zero-order chi connectivity index (χ0) is 18.1. The lowest BCUT2D eigenvalue weighted by Gasteiger charge is -2.22. The molecule has 1 heterocycles. The molecule has 5 nitrogen and oxygen atoms in total. The molecule has 26 heavy (non-hydrogen) atoms. The van der Waals surface area contributed by atoms with Crippen LogP contribution in [0.4, 0.5) is 5.69 Å². The van der Waals surface area contributed by atoms with Crippen molar-refractivity contribution in [2.45, 2.75) is 25.5 Å². The number of benzene rings is 2. The maximum Gasteiger partial charge on any atom is 0.341 e. The Morgan fingerprint density at radius 3 is 2.85 bits per heavy atom. The monoisotopic (exact) mass is 348 g/mol. The molecule has 0 fully saturated rings. The average molecular weight is 348 g/mol. The van der Waals surface area contributed by atoms with Crippen LogP contribution in [0.1, 0.15) is 34.5 Å². The summed E-state index contributed by atoms with van der Waals surface area (Å²) in [6, 6.07) is 15.3. The molecular formula is C21H20N2O3. The first-order valence-corrected chi connectivity index (χ1v) is 8.76. The number of ether oxygens (including phenoxy) is 1. The Morgan fingerprint density at radius 1 is 1.23 bits per heavy atom. The number of para-hydroxylation sites is 1. The summed E-state index contributed by atoms with van der Waals surface area (Å²) in [7, 11) is 0. The van der Waals surface area contributed by atoms with Gasteiger partial charge in [-0.2, -0.15) is 0 Å². The van der Waals surface area contributed by atoms with Gasteiger partial charge in [-0.1, -0.05) is 42.5 Å². The van der Waals surface area contributed by atoms with Crippen molar-refractivity contribution in [3.05, 3.63) is 71.4 Å². The van der Waals surface area contributed by atoms with E-state index in [1.807, 2.05) is 48.5 Å². The number of hydrogen-bond acceptors (Lipinski definition) is 5. The van der Waals surface area contributed by atoms with E-state index in [-0.39, 0.29) is 6.04 Å². The third kappa shape index (κ3) is 2.80. The minimum Gasteiger partial charge on any atom is -0.462 e. The predicted molar refractivity (Wildman–Crippen MR) is 100 cm³/mol. The number of anilines is 1. The van der Waals surface area contributed by atoms with E-state index < -0.39 is 12.1 Å². The lowest BCUT2D eigenvalue weighted by Crippen LogP contribution is -2.23. The molecule has 2 aromatic carbocycles. The molecule has 1 aromatic heterocycles. The van der Waals surface area contributed by atoms with Gasteiger partial charge in [-0.05, 0) is 24.1 Å². The van der Waals surface area contributed by atoms with Gasteiger partial charge in [0.1, 0.15) is 5.56 Å². The molecule has 1 aliphatic carbocycles. The van der Waals surface area contributed by atoms with E-state index in [0.29, 0.717) is 24.3 Å². The number of carbonyl (C=O) groups excluding carboxylic acids is 1. The second kappa shape index (κ2) is 6.77. The van der Waals surface area contributed by atoms with Gasteiger partial charge in [-0.15, -0.1) is 0 Å². The summed E-state index contributed by atoms with van der Waals surface area (Å²) in [4.78, 5) is 16.8. The van der Waals surface area contributed by atoms with Crippen LogP contribution in [0.15, 0.2) is 54.7 Å². The fraction of sp³-hybridized carbons (Fsp3) is 0.238. The largest absolute Gasteiger partial charge is 0.462 e. The van der Waals surface area contributed by atoms with Crippen molar-refractivity contribution >= 4 is 22.6 Å². The molecule has 0 unspecified atom stereocenters. The molecular weight excluding hydrogens is 328 g/mol. The van der Waals surface area contributed by atoms with Gasteiger partial charge in [-0.25, -0.2) is 4.79 Å². The smallest absolute Gasteiger partial charge is 0.341 e. The van der Waals surface area contributed by atoms with E-state index in [1.165, 1.54) is 6.20 Å². The Kier molecular flexibility index (Phi) is 4.31. The van der Waals surface area contributed by atoms with Crippen molar-refractivity contribution in [3.8, 4) is 0 Å². The number of pyridine rings is 1. The van der Waals surface area contributed by atoms with Crippen LogP contribution in [0.3, 0.4) is 0 Å². The van der Waals surface area contributed by atoms with Crippen molar-refractivity contribution in [3.63, 3.8) is 0 Å². The van der Waals surface area contributed by atoms with Gasteiger partial charge in [0, 0.05) is 18.0 Å². The quantitative estimate of drug-likeness (QED) is 0.706. The SMILES string of the molecule is CCOC(=O)c1cnc2ccccc2c1N[C@H]1c2ccccc2C[C@H]1O. The number of esters is 1. The standard InChI is InChI=1S/C21H20N2O3/c1-2-26-21(25)16-12-22-17-10-6-5-9-15(17)19(16)23-20-14-8-4-3-7-13(14)11-18(20)24/h3-10,12,18,20,24H,2,11H2,1H3,(H,22,23)/t18-,20+/m1/s1. The molecule has 0 aliphatic heterocycles. The summed E-state index contributed by atoms with van der Waals surface area (Å²) in [6.45, 7) is 2.07. The minimum absolute atomic E-state index is 0.287. The number of aromatic nitrogens is 1. The van der Waals surface area contributed by atoms with Crippen LogP contribution in [0.2, 0.25) is 0 Å². The molecule has 3 aromatic rings. The first-order chi connectivity index (χ1) is 12.7. The molecule has 0 saturated carbocycles. The number of nitrogens with one attached hydrogen (secondary N) is 1. The molecule has 2 N–H and O–H groups in total. The van der Waals surface area contributed by atoms with E-state index in [9.17, 15) is 9.90 Å². The maximum atomic E-state index is 12.4. The van der Waals surface area contributed by atoms with Gasteiger partial charge in [0.25, 0.3) is 0 Å². The Balaban J connectivity index is 1.82. The molecule has 132 valence electrons. The number of carbonyl (C=O) groups is 1. The van der Waals surface area contributed by atoms with Gasteiger partial charge in [0.05, 0.1) is 30.0 Å². The third-order valence-electron chi connectivity index (χ3n) is 4.77. The molecule has 0 saturated heterocycles. The molecule has 1 aliphatic rings. The summed E-state index contributed by atoms with van der Waals surface area (Å²) < 4.78 is 5.20. The highest BCUT2D eigenvalue weighted by molar-refractivity contribution is 6.05. The normalized spacial score (nSPS) is 18.5. The van der Waals surface area contributed by atoms with E-state index >= 15 is 0 Å². The lowest BCUT2D eigenvalue weighted by molar-refractivity contribution is 0.0527. The highest BCUT2D eigenvalue weighted by Crippen LogP contribution is 2.37. The second-order valence-electron chi connectivity index (χ2n) is 6.38. The van der Waals surface area contributed by atoms with Gasteiger partial charge < -0.3 is 15.2 Å². The first-order valence-electron chi connectivity index (χ1n) is 8.76. The number of nitrogens with zero attached hydrogens (tertiary/aromatic N) is 1. The number of hydrogen-bond donors (Lipinski definition) is 2. The van der Waals surface area contributed by atoms with Crippen molar-refractivity contribution in [1.29, 1.82) is 0 Å². The van der Waals surface area contributed by atoms with Gasteiger partial charge in [0.2, 0.25) is 0 Å². The zero-order valence-electron chi connectivity index (χ0n) is 14.5.